The fraction of sp³-hybridized carbons (Fsp3) is 0.578. The Morgan fingerprint density at radius 3 is 2.62 bits per heavy atom. The van der Waals surface area contributed by atoms with E-state index in [2.05, 4.69) is 36.7 Å². The zero-order chi connectivity index (χ0) is 43.2. The number of carbonyl (C=O) groups is 3. The van der Waals surface area contributed by atoms with Crippen molar-refractivity contribution in [3.8, 4) is 0 Å². The van der Waals surface area contributed by atoms with Crippen molar-refractivity contribution in [1.82, 2.24) is 44.4 Å². The van der Waals surface area contributed by atoms with Crippen LogP contribution >= 0.6 is 0 Å². The number of nitrogens with zero attached hydrogens (tertiary/aromatic N) is 9. The lowest BCUT2D eigenvalue weighted by Gasteiger charge is -2.37. The molecule has 0 bridgehead atoms. The van der Waals surface area contributed by atoms with E-state index in [1.165, 1.54) is 16.3 Å². The Morgan fingerprint density at radius 1 is 1.05 bits per heavy atom. The molecule has 8 heterocycles. The molecule has 1 saturated carbocycles. The van der Waals surface area contributed by atoms with E-state index in [0.717, 1.165) is 126 Å². The summed E-state index contributed by atoms with van der Waals surface area (Å²) in [6, 6.07) is 7.50. The molecule has 1 spiro atoms. The summed E-state index contributed by atoms with van der Waals surface area (Å²) in [5, 5.41) is 19.6. The number of hydrogen-bond acceptors (Lipinski definition) is 11. The standard InChI is InChI=1S/C45H55F2N11O5/c1-28-39-30(4-2-6-35(39)58(52-28)36-11-12-38(59)51-44(36)61)5-3-21-63-32-13-17-54(18-14-32)23-29-7-9-31(10-8-29)57-24-34(40(53-57)41(46)47)49-43(60)33-22-48-56-19-15-37(50-42(33)56)55-20-16-45(25-55)26-62-27-45/h2,4,6,15,19,22,24,29,31-32,36,41H,3,5,7-14,16-18,20-21,23,25-27H2,1H3,(H,49,60)(H,51,59,61). The highest BCUT2D eigenvalue weighted by Gasteiger charge is 2.45. The maximum Gasteiger partial charge on any atom is 0.284 e. The monoisotopic (exact) mass is 867 g/mol. The number of nitrogens with one attached hydrogen (secondary N) is 2. The van der Waals surface area contributed by atoms with Gasteiger partial charge in [-0.25, -0.2) is 18.3 Å². The van der Waals surface area contributed by atoms with Gasteiger partial charge in [-0.2, -0.15) is 15.3 Å². The molecule has 18 heteroatoms. The Balaban J connectivity index is 0.676. The molecular formula is C45H55F2N11O5. The summed E-state index contributed by atoms with van der Waals surface area (Å²) in [4.78, 5) is 47.4. The van der Waals surface area contributed by atoms with Gasteiger partial charge >= 0.3 is 0 Å². The largest absolute Gasteiger partial charge is 0.380 e. The molecule has 5 aliphatic rings. The maximum atomic E-state index is 14.3. The van der Waals surface area contributed by atoms with Gasteiger partial charge in [0.15, 0.2) is 11.3 Å². The molecular weight excluding hydrogens is 813 g/mol. The van der Waals surface area contributed by atoms with Gasteiger partial charge in [0.2, 0.25) is 5.91 Å². The minimum Gasteiger partial charge on any atom is -0.380 e. The van der Waals surface area contributed by atoms with Crippen LogP contribution in [0.25, 0.3) is 16.6 Å². The van der Waals surface area contributed by atoms with Crippen molar-refractivity contribution in [2.45, 2.75) is 102 Å². The van der Waals surface area contributed by atoms with Gasteiger partial charge in [-0.3, -0.25) is 29.1 Å². The Labute approximate surface area is 363 Å². The number of ether oxygens (including phenoxy) is 2. The minimum absolute atomic E-state index is 0.00989. The van der Waals surface area contributed by atoms with Crippen LogP contribution in [0.4, 0.5) is 20.3 Å². The second-order valence-corrected chi connectivity index (χ2v) is 18.4. The van der Waals surface area contributed by atoms with E-state index < -0.39 is 24.1 Å². The molecule has 2 N–H and O–H groups in total. The van der Waals surface area contributed by atoms with Crippen LogP contribution in [0.5, 0.6) is 0 Å². The lowest BCUT2D eigenvalue weighted by molar-refractivity contribution is -0.135. The Bertz CT molecular complexity index is 2500. The highest BCUT2D eigenvalue weighted by atomic mass is 19.3. The quantitative estimate of drug-likeness (QED) is 0.108. The van der Waals surface area contributed by atoms with E-state index in [9.17, 15) is 23.2 Å². The van der Waals surface area contributed by atoms with Crippen molar-refractivity contribution in [2.24, 2.45) is 11.3 Å². The van der Waals surface area contributed by atoms with Crippen LogP contribution in [0.1, 0.15) is 110 Å². The third kappa shape index (κ3) is 8.44. The van der Waals surface area contributed by atoms with E-state index in [1.807, 2.05) is 25.1 Å². The summed E-state index contributed by atoms with van der Waals surface area (Å²) < 4.78 is 45.4. The number of amides is 3. The Kier molecular flexibility index (Phi) is 11.5. The Morgan fingerprint density at radius 2 is 1.87 bits per heavy atom. The summed E-state index contributed by atoms with van der Waals surface area (Å²) in [5.41, 5.74) is 3.32. The number of carbonyl (C=O) groups excluding carboxylic acids is 3. The second kappa shape index (κ2) is 17.3. The first kappa shape index (κ1) is 41.7. The van der Waals surface area contributed by atoms with Gasteiger partial charge in [0.25, 0.3) is 18.2 Å². The summed E-state index contributed by atoms with van der Waals surface area (Å²) in [7, 11) is 0. The van der Waals surface area contributed by atoms with Crippen LogP contribution in [-0.2, 0) is 25.5 Å². The second-order valence-electron chi connectivity index (χ2n) is 18.4. The molecule has 4 saturated heterocycles. The molecule has 63 heavy (non-hydrogen) atoms. The van der Waals surface area contributed by atoms with Gasteiger partial charge in [-0.15, -0.1) is 0 Å². The molecule has 0 radical (unpaired) electrons. The molecule has 5 fully saturated rings. The van der Waals surface area contributed by atoms with Crippen LogP contribution in [0.3, 0.4) is 0 Å². The lowest BCUT2D eigenvalue weighted by Crippen LogP contribution is -2.44. The number of aryl methyl sites for hydroxylation is 2. The molecule has 4 aromatic heterocycles. The average molecular weight is 868 g/mol. The number of rotatable bonds is 13. The molecule has 10 rings (SSSR count). The predicted molar refractivity (Wildman–Crippen MR) is 229 cm³/mol. The van der Waals surface area contributed by atoms with E-state index in [0.29, 0.717) is 31.0 Å². The zero-order valence-electron chi connectivity index (χ0n) is 35.7. The van der Waals surface area contributed by atoms with E-state index in [4.69, 9.17) is 19.6 Å². The van der Waals surface area contributed by atoms with Gasteiger partial charge < -0.3 is 24.6 Å². The molecule has 16 nitrogen and oxygen atoms in total. The number of halogens is 2. The Hall–Kier alpha value is -5.33. The number of hydrogen-bond donors (Lipinski definition) is 2. The van der Waals surface area contributed by atoms with E-state index in [1.54, 1.807) is 21.8 Å². The van der Waals surface area contributed by atoms with Gasteiger partial charge in [-0.1, -0.05) is 12.1 Å². The molecule has 334 valence electrons. The molecule has 1 unspecified atom stereocenters. The smallest absolute Gasteiger partial charge is 0.284 e. The predicted octanol–water partition coefficient (Wildman–Crippen LogP) is 5.82. The average Bonchev–Trinajstić information content (AvgIpc) is 4.08. The molecule has 1 atom stereocenters. The first-order valence-corrected chi connectivity index (χ1v) is 22.6. The summed E-state index contributed by atoms with van der Waals surface area (Å²) >= 11 is 0. The highest BCUT2D eigenvalue weighted by Crippen LogP contribution is 2.40. The molecule has 1 aromatic carbocycles. The van der Waals surface area contributed by atoms with Crippen LogP contribution in [0.2, 0.25) is 0 Å². The van der Waals surface area contributed by atoms with Gasteiger partial charge in [-0.05, 0) is 94.7 Å². The van der Waals surface area contributed by atoms with Crippen molar-refractivity contribution >= 4 is 45.8 Å². The minimum atomic E-state index is -2.85. The lowest BCUT2D eigenvalue weighted by atomic mass is 9.85. The number of aromatic nitrogens is 7. The number of likely N-dealkylation sites (tertiary alicyclic amines) is 1. The van der Waals surface area contributed by atoms with Crippen LogP contribution in [-0.4, -0.2) is 115 Å². The van der Waals surface area contributed by atoms with Crippen molar-refractivity contribution in [3.05, 3.63) is 65.4 Å². The van der Waals surface area contributed by atoms with Crippen molar-refractivity contribution < 1.29 is 32.6 Å². The number of alkyl halides is 2. The number of fused-ring (bicyclic) bond motifs is 2. The van der Waals surface area contributed by atoms with E-state index in [-0.39, 0.29) is 40.6 Å². The number of anilines is 2. The van der Waals surface area contributed by atoms with Crippen LogP contribution < -0.4 is 15.5 Å². The number of piperidine rings is 2. The molecule has 4 aliphatic heterocycles. The zero-order valence-corrected chi connectivity index (χ0v) is 35.7. The van der Waals surface area contributed by atoms with Gasteiger partial charge in [0, 0.05) is 68.9 Å². The van der Waals surface area contributed by atoms with Crippen molar-refractivity contribution in [2.75, 3.05) is 62.8 Å². The number of imide groups is 1. The third-order valence-electron chi connectivity index (χ3n) is 14.1. The maximum absolute atomic E-state index is 14.3. The van der Waals surface area contributed by atoms with Crippen molar-refractivity contribution in [3.63, 3.8) is 0 Å². The normalized spacial score (nSPS) is 23.3. The first-order chi connectivity index (χ1) is 30.6. The molecule has 5 aromatic rings. The molecule has 1 aliphatic carbocycles. The SMILES string of the molecule is Cc1nn(C2CCC(=O)NC2=O)c2cccc(CCCOC3CCN(CC4CCC(n5cc(NC(=O)c6cnn7ccc(N8CCC9(COC9)C8)nc67)c(C(F)F)n5)CC4)CC3)c12. The van der Waals surface area contributed by atoms with Gasteiger partial charge in [0.05, 0.1) is 48.5 Å². The fourth-order valence-electron chi connectivity index (χ4n) is 10.5. The van der Waals surface area contributed by atoms with E-state index >= 15 is 0 Å². The summed E-state index contributed by atoms with van der Waals surface area (Å²) in [6.07, 6.45) is 11.2. The van der Waals surface area contributed by atoms with Crippen LogP contribution in [0, 0.1) is 18.3 Å². The first-order valence-electron chi connectivity index (χ1n) is 22.6. The fourth-order valence-corrected chi connectivity index (χ4v) is 10.5. The summed E-state index contributed by atoms with van der Waals surface area (Å²) in [6.45, 7) is 8.83. The topological polar surface area (TPSA) is 166 Å². The summed E-state index contributed by atoms with van der Waals surface area (Å²) in [5.74, 6) is 0.188. The van der Waals surface area contributed by atoms with Crippen molar-refractivity contribution in [1.29, 1.82) is 0 Å². The highest BCUT2D eigenvalue weighted by molar-refractivity contribution is 6.08. The van der Waals surface area contributed by atoms with Gasteiger partial charge in [0.1, 0.15) is 17.4 Å². The van der Waals surface area contributed by atoms with Crippen LogP contribution in [0.15, 0.2) is 42.9 Å². The number of benzene rings is 1. The third-order valence-corrected chi connectivity index (χ3v) is 14.1. The molecule has 3 amide bonds.